The van der Waals surface area contributed by atoms with Crippen LogP contribution in [0.2, 0.25) is 0 Å². The molecule has 2 unspecified atom stereocenters. The van der Waals surface area contributed by atoms with Gasteiger partial charge < -0.3 is 5.73 Å². The standard InChI is InChI=1S/C12H19N3/c1-15-9-5-3-6-10(13)12(15)11-7-2-4-8-14-11/h2,4,7-8,10,12H,3,5-6,9,13H2,1H3. The van der Waals surface area contributed by atoms with Gasteiger partial charge >= 0.3 is 0 Å². The number of hydrogen-bond donors (Lipinski definition) is 1. The summed E-state index contributed by atoms with van der Waals surface area (Å²) in [6, 6.07) is 6.56. The molecule has 0 aromatic carbocycles. The van der Waals surface area contributed by atoms with Crippen LogP contribution in [-0.4, -0.2) is 29.5 Å². The van der Waals surface area contributed by atoms with E-state index in [1.165, 1.54) is 12.8 Å². The molecule has 1 saturated heterocycles. The van der Waals surface area contributed by atoms with Crippen LogP contribution in [0.3, 0.4) is 0 Å². The fourth-order valence-electron chi connectivity index (χ4n) is 2.36. The van der Waals surface area contributed by atoms with Crippen LogP contribution >= 0.6 is 0 Å². The Morgan fingerprint density at radius 1 is 1.40 bits per heavy atom. The minimum atomic E-state index is 0.215. The molecule has 2 atom stereocenters. The first-order chi connectivity index (χ1) is 7.29. The van der Waals surface area contributed by atoms with E-state index in [1.54, 1.807) is 0 Å². The number of rotatable bonds is 1. The quantitative estimate of drug-likeness (QED) is 0.756. The van der Waals surface area contributed by atoms with Gasteiger partial charge in [-0.05, 0) is 38.6 Å². The highest BCUT2D eigenvalue weighted by Gasteiger charge is 2.26. The summed E-state index contributed by atoms with van der Waals surface area (Å²) in [6.45, 7) is 1.12. The summed E-state index contributed by atoms with van der Waals surface area (Å²) in [6.07, 6.45) is 5.43. The van der Waals surface area contributed by atoms with Crippen molar-refractivity contribution in [2.45, 2.75) is 31.3 Å². The van der Waals surface area contributed by atoms with E-state index in [1.807, 2.05) is 18.3 Å². The largest absolute Gasteiger partial charge is 0.326 e. The Morgan fingerprint density at radius 2 is 2.27 bits per heavy atom. The summed E-state index contributed by atoms with van der Waals surface area (Å²) >= 11 is 0. The van der Waals surface area contributed by atoms with Crippen molar-refractivity contribution in [3.8, 4) is 0 Å². The van der Waals surface area contributed by atoms with Crippen molar-refractivity contribution in [2.75, 3.05) is 13.6 Å². The van der Waals surface area contributed by atoms with E-state index in [4.69, 9.17) is 5.73 Å². The van der Waals surface area contributed by atoms with Crippen LogP contribution in [0.4, 0.5) is 0 Å². The van der Waals surface area contributed by atoms with Crippen molar-refractivity contribution in [1.82, 2.24) is 9.88 Å². The predicted octanol–water partition coefficient (Wildman–Crippen LogP) is 1.57. The van der Waals surface area contributed by atoms with E-state index in [-0.39, 0.29) is 12.1 Å². The van der Waals surface area contributed by atoms with Crippen molar-refractivity contribution in [1.29, 1.82) is 0 Å². The molecular formula is C12H19N3. The molecule has 0 bridgehead atoms. The van der Waals surface area contributed by atoms with E-state index in [9.17, 15) is 0 Å². The highest BCUT2D eigenvalue weighted by atomic mass is 15.2. The van der Waals surface area contributed by atoms with Gasteiger partial charge in [-0.15, -0.1) is 0 Å². The minimum absolute atomic E-state index is 0.215. The van der Waals surface area contributed by atoms with Crippen molar-refractivity contribution >= 4 is 0 Å². The maximum atomic E-state index is 6.22. The molecule has 0 amide bonds. The molecular weight excluding hydrogens is 186 g/mol. The third-order valence-electron chi connectivity index (χ3n) is 3.17. The van der Waals surface area contributed by atoms with E-state index in [2.05, 4.69) is 23.0 Å². The van der Waals surface area contributed by atoms with Crippen LogP contribution in [0, 0.1) is 0 Å². The molecule has 82 valence electrons. The topological polar surface area (TPSA) is 42.1 Å². The van der Waals surface area contributed by atoms with Crippen molar-refractivity contribution in [3.63, 3.8) is 0 Å². The van der Waals surface area contributed by atoms with Crippen molar-refractivity contribution in [3.05, 3.63) is 30.1 Å². The first-order valence-electron chi connectivity index (χ1n) is 5.66. The van der Waals surface area contributed by atoms with Gasteiger partial charge in [-0.1, -0.05) is 12.5 Å². The van der Waals surface area contributed by atoms with Crippen LogP contribution in [0.15, 0.2) is 24.4 Å². The highest BCUT2D eigenvalue weighted by Crippen LogP contribution is 2.26. The number of hydrogen-bond acceptors (Lipinski definition) is 3. The number of likely N-dealkylation sites (tertiary alicyclic amines) is 1. The number of aromatic nitrogens is 1. The van der Waals surface area contributed by atoms with Crippen LogP contribution in [0.25, 0.3) is 0 Å². The summed E-state index contributed by atoms with van der Waals surface area (Å²) < 4.78 is 0. The van der Waals surface area contributed by atoms with Gasteiger partial charge in [0.1, 0.15) is 0 Å². The lowest BCUT2D eigenvalue weighted by atomic mass is 10.0. The fourth-order valence-corrected chi connectivity index (χ4v) is 2.36. The Hall–Kier alpha value is -0.930. The summed E-state index contributed by atoms with van der Waals surface area (Å²) in [4.78, 5) is 6.76. The van der Waals surface area contributed by atoms with Crippen molar-refractivity contribution < 1.29 is 0 Å². The maximum absolute atomic E-state index is 6.22. The Bertz CT molecular complexity index is 287. The molecule has 1 aromatic heterocycles. The molecule has 1 aliphatic rings. The van der Waals surface area contributed by atoms with Crippen LogP contribution in [0.5, 0.6) is 0 Å². The van der Waals surface area contributed by atoms with Gasteiger partial charge in [0.2, 0.25) is 0 Å². The fraction of sp³-hybridized carbons (Fsp3) is 0.583. The Balaban J connectivity index is 2.23. The third kappa shape index (κ3) is 2.36. The number of nitrogens with zero attached hydrogens (tertiary/aromatic N) is 2. The monoisotopic (exact) mass is 205 g/mol. The minimum Gasteiger partial charge on any atom is -0.326 e. The van der Waals surface area contributed by atoms with E-state index < -0.39 is 0 Å². The number of likely N-dealkylation sites (N-methyl/N-ethyl adjacent to an activating group) is 1. The van der Waals surface area contributed by atoms with E-state index >= 15 is 0 Å². The number of nitrogens with two attached hydrogens (primary N) is 1. The van der Waals surface area contributed by atoms with Gasteiger partial charge in [0.25, 0.3) is 0 Å². The Morgan fingerprint density at radius 3 is 3.00 bits per heavy atom. The first kappa shape index (κ1) is 10.6. The molecule has 0 spiro atoms. The van der Waals surface area contributed by atoms with E-state index in [0.29, 0.717) is 0 Å². The Kier molecular flexibility index (Phi) is 3.34. The molecule has 3 nitrogen and oxygen atoms in total. The molecule has 1 fully saturated rings. The van der Waals surface area contributed by atoms with Gasteiger partial charge in [-0.2, -0.15) is 0 Å². The molecule has 1 aromatic rings. The highest BCUT2D eigenvalue weighted by molar-refractivity contribution is 5.11. The number of pyridine rings is 1. The smallest absolute Gasteiger partial charge is 0.0671 e. The van der Waals surface area contributed by atoms with Crippen LogP contribution < -0.4 is 5.73 Å². The molecule has 1 aliphatic heterocycles. The van der Waals surface area contributed by atoms with Crippen molar-refractivity contribution in [2.24, 2.45) is 5.73 Å². The zero-order valence-corrected chi connectivity index (χ0v) is 9.26. The summed E-state index contributed by atoms with van der Waals surface area (Å²) in [5.41, 5.74) is 7.33. The maximum Gasteiger partial charge on any atom is 0.0671 e. The lowest BCUT2D eigenvalue weighted by Gasteiger charge is -2.29. The molecule has 0 saturated carbocycles. The molecule has 2 rings (SSSR count). The molecule has 15 heavy (non-hydrogen) atoms. The Labute approximate surface area is 91.3 Å². The second kappa shape index (κ2) is 4.73. The van der Waals surface area contributed by atoms with Crippen LogP contribution in [-0.2, 0) is 0 Å². The van der Waals surface area contributed by atoms with E-state index in [0.717, 1.165) is 18.7 Å². The second-order valence-electron chi connectivity index (χ2n) is 4.34. The molecule has 0 radical (unpaired) electrons. The lowest BCUT2D eigenvalue weighted by Crippen LogP contribution is -2.38. The molecule has 0 aliphatic carbocycles. The normalized spacial score (nSPS) is 28.7. The van der Waals surface area contributed by atoms with Crippen LogP contribution in [0.1, 0.15) is 31.0 Å². The van der Waals surface area contributed by atoms with Gasteiger partial charge in [0.05, 0.1) is 11.7 Å². The first-order valence-corrected chi connectivity index (χ1v) is 5.66. The third-order valence-corrected chi connectivity index (χ3v) is 3.17. The zero-order valence-electron chi connectivity index (χ0n) is 9.26. The van der Waals surface area contributed by atoms with Gasteiger partial charge in [-0.25, -0.2) is 0 Å². The summed E-state index contributed by atoms with van der Waals surface area (Å²) in [5.74, 6) is 0. The predicted molar refractivity (Wildman–Crippen MR) is 61.4 cm³/mol. The van der Waals surface area contributed by atoms with Gasteiger partial charge in [0, 0.05) is 12.2 Å². The summed E-state index contributed by atoms with van der Waals surface area (Å²) in [5, 5.41) is 0. The van der Waals surface area contributed by atoms with Gasteiger partial charge in [-0.3, -0.25) is 9.88 Å². The average molecular weight is 205 g/mol. The molecule has 2 N–H and O–H groups in total. The zero-order chi connectivity index (χ0) is 10.7. The molecule has 3 heteroatoms. The second-order valence-corrected chi connectivity index (χ2v) is 4.34. The average Bonchev–Trinajstić information content (AvgIpc) is 2.41. The SMILES string of the molecule is CN1CCCCC(N)C1c1ccccn1. The summed E-state index contributed by atoms with van der Waals surface area (Å²) in [7, 11) is 2.14. The van der Waals surface area contributed by atoms with Gasteiger partial charge in [0.15, 0.2) is 0 Å². The molecule has 2 heterocycles. The lowest BCUT2D eigenvalue weighted by molar-refractivity contribution is 0.225.